The molecule has 1 saturated heterocycles. The second kappa shape index (κ2) is 3.73. The molecule has 0 aromatic carbocycles. The lowest BCUT2D eigenvalue weighted by Gasteiger charge is -2.36. The summed E-state index contributed by atoms with van der Waals surface area (Å²) >= 11 is 0. The molecule has 1 unspecified atom stereocenters. The Kier molecular flexibility index (Phi) is 3.09. The summed E-state index contributed by atoms with van der Waals surface area (Å²) in [5, 5.41) is 3.46. The molecule has 3 heteroatoms. The molecule has 3 nitrogen and oxygen atoms in total. The Hall–Kier alpha value is -0.120. The highest BCUT2D eigenvalue weighted by atomic mass is 16.5. The van der Waals surface area contributed by atoms with Crippen molar-refractivity contribution in [3.63, 3.8) is 0 Å². The number of likely N-dealkylation sites (N-methyl/N-ethyl adjacent to an activating group) is 1. The van der Waals surface area contributed by atoms with Gasteiger partial charge in [-0.2, -0.15) is 0 Å². The highest BCUT2D eigenvalue weighted by molar-refractivity contribution is 4.84. The minimum Gasteiger partial charge on any atom is -0.374 e. The van der Waals surface area contributed by atoms with E-state index in [2.05, 4.69) is 38.2 Å². The average molecular weight is 172 g/mol. The molecule has 0 aromatic heterocycles. The normalized spacial score (nSPS) is 29.2. The van der Waals surface area contributed by atoms with Crippen molar-refractivity contribution in [2.75, 3.05) is 33.8 Å². The van der Waals surface area contributed by atoms with Crippen LogP contribution in [0.25, 0.3) is 0 Å². The molecule has 12 heavy (non-hydrogen) atoms. The Bertz CT molecular complexity index is 135. The van der Waals surface area contributed by atoms with Crippen molar-refractivity contribution in [2.24, 2.45) is 0 Å². The van der Waals surface area contributed by atoms with Gasteiger partial charge in [0.05, 0.1) is 12.7 Å². The summed E-state index contributed by atoms with van der Waals surface area (Å²) in [5.41, 5.74) is 0.156. The van der Waals surface area contributed by atoms with Crippen LogP contribution in [0.4, 0.5) is 0 Å². The van der Waals surface area contributed by atoms with Crippen molar-refractivity contribution in [2.45, 2.75) is 25.5 Å². The third kappa shape index (κ3) is 3.09. The molecule has 1 aliphatic heterocycles. The van der Waals surface area contributed by atoms with Gasteiger partial charge in [0.25, 0.3) is 0 Å². The first-order chi connectivity index (χ1) is 5.49. The summed E-state index contributed by atoms with van der Waals surface area (Å²) in [6.45, 7) is 7.11. The van der Waals surface area contributed by atoms with Gasteiger partial charge in [-0.25, -0.2) is 0 Å². The molecule has 0 saturated carbocycles. The van der Waals surface area contributed by atoms with E-state index in [0.29, 0.717) is 6.10 Å². The van der Waals surface area contributed by atoms with Gasteiger partial charge in [0.1, 0.15) is 0 Å². The first-order valence-electron chi connectivity index (χ1n) is 4.51. The van der Waals surface area contributed by atoms with Crippen LogP contribution < -0.4 is 5.32 Å². The molecule has 0 aliphatic carbocycles. The van der Waals surface area contributed by atoms with E-state index in [-0.39, 0.29) is 5.54 Å². The lowest BCUT2D eigenvalue weighted by molar-refractivity contribution is -0.0312. The second-order valence-electron chi connectivity index (χ2n) is 4.46. The van der Waals surface area contributed by atoms with Crippen LogP contribution in [0.5, 0.6) is 0 Å². The van der Waals surface area contributed by atoms with Crippen LogP contribution in [0.2, 0.25) is 0 Å². The standard InChI is InChI=1S/C9H20N2O/c1-9(2)7-12-8(5-10-9)6-11(3)4/h8,10H,5-7H2,1-4H3. The van der Waals surface area contributed by atoms with Gasteiger partial charge in [0.2, 0.25) is 0 Å². The highest BCUT2D eigenvalue weighted by Crippen LogP contribution is 2.10. The Balaban J connectivity index is 2.27. The summed E-state index contributed by atoms with van der Waals surface area (Å²) in [5.74, 6) is 0. The Morgan fingerprint density at radius 3 is 2.58 bits per heavy atom. The summed E-state index contributed by atoms with van der Waals surface area (Å²) < 4.78 is 5.70. The van der Waals surface area contributed by atoms with E-state index in [1.54, 1.807) is 0 Å². The zero-order valence-electron chi connectivity index (χ0n) is 8.55. The summed E-state index contributed by atoms with van der Waals surface area (Å²) in [6, 6.07) is 0. The molecule has 72 valence electrons. The fraction of sp³-hybridized carbons (Fsp3) is 1.00. The minimum atomic E-state index is 0.156. The van der Waals surface area contributed by atoms with Crippen LogP contribution in [0.15, 0.2) is 0 Å². The fourth-order valence-electron chi connectivity index (χ4n) is 1.35. The van der Waals surface area contributed by atoms with Gasteiger partial charge in [-0.05, 0) is 27.9 Å². The molecule has 0 bridgehead atoms. The maximum Gasteiger partial charge on any atom is 0.0826 e. The molecule has 0 amide bonds. The highest BCUT2D eigenvalue weighted by Gasteiger charge is 2.26. The van der Waals surface area contributed by atoms with Crippen molar-refractivity contribution in [1.82, 2.24) is 10.2 Å². The number of hydrogen-bond donors (Lipinski definition) is 1. The van der Waals surface area contributed by atoms with Crippen molar-refractivity contribution in [1.29, 1.82) is 0 Å². The summed E-state index contributed by atoms with van der Waals surface area (Å²) in [7, 11) is 4.15. The Morgan fingerprint density at radius 2 is 2.17 bits per heavy atom. The first kappa shape index (κ1) is 9.96. The van der Waals surface area contributed by atoms with Crippen molar-refractivity contribution in [3.05, 3.63) is 0 Å². The smallest absolute Gasteiger partial charge is 0.0826 e. The lowest BCUT2D eigenvalue weighted by atomic mass is 10.0. The van der Waals surface area contributed by atoms with E-state index in [1.165, 1.54) is 0 Å². The molecule has 1 heterocycles. The van der Waals surface area contributed by atoms with Gasteiger partial charge in [-0.3, -0.25) is 0 Å². The molecular weight excluding hydrogens is 152 g/mol. The summed E-state index contributed by atoms with van der Waals surface area (Å²) in [6.07, 6.45) is 0.355. The van der Waals surface area contributed by atoms with E-state index in [1.807, 2.05) is 0 Å². The minimum absolute atomic E-state index is 0.156. The average Bonchev–Trinajstić information content (AvgIpc) is 1.93. The number of nitrogens with one attached hydrogen (secondary N) is 1. The Morgan fingerprint density at radius 1 is 1.50 bits per heavy atom. The van der Waals surface area contributed by atoms with Crippen LogP contribution in [0, 0.1) is 0 Å². The van der Waals surface area contributed by atoms with Crippen LogP contribution in [0.3, 0.4) is 0 Å². The molecule has 1 rings (SSSR count). The van der Waals surface area contributed by atoms with E-state index < -0.39 is 0 Å². The van der Waals surface area contributed by atoms with Crippen molar-refractivity contribution >= 4 is 0 Å². The molecule has 0 spiro atoms. The summed E-state index contributed by atoms with van der Waals surface area (Å²) in [4.78, 5) is 2.16. The number of hydrogen-bond acceptors (Lipinski definition) is 3. The molecule has 0 radical (unpaired) electrons. The van der Waals surface area contributed by atoms with E-state index in [9.17, 15) is 0 Å². The SMILES string of the molecule is CN(C)CC1CNC(C)(C)CO1. The van der Waals surface area contributed by atoms with E-state index in [4.69, 9.17) is 4.74 Å². The van der Waals surface area contributed by atoms with Crippen LogP contribution in [-0.4, -0.2) is 50.3 Å². The number of ether oxygens (including phenoxy) is 1. The van der Waals surface area contributed by atoms with E-state index in [0.717, 1.165) is 19.7 Å². The van der Waals surface area contributed by atoms with Crippen LogP contribution in [0.1, 0.15) is 13.8 Å². The molecule has 1 atom stereocenters. The third-order valence-corrected chi connectivity index (χ3v) is 2.06. The number of nitrogens with zero attached hydrogens (tertiary/aromatic N) is 1. The maximum atomic E-state index is 5.70. The zero-order chi connectivity index (χ0) is 9.19. The molecule has 1 fully saturated rings. The van der Waals surface area contributed by atoms with Gasteiger partial charge in [-0.1, -0.05) is 0 Å². The van der Waals surface area contributed by atoms with Crippen LogP contribution >= 0.6 is 0 Å². The van der Waals surface area contributed by atoms with Crippen molar-refractivity contribution < 1.29 is 4.74 Å². The second-order valence-corrected chi connectivity index (χ2v) is 4.46. The first-order valence-corrected chi connectivity index (χ1v) is 4.51. The van der Waals surface area contributed by atoms with Gasteiger partial charge in [0.15, 0.2) is 0 Å². The Labute approximate surface area is 75.1 Å². The zero-order valence-corrected chi connectivity index (χ0v) is 8.55. The predicted octanol–water partition coefficient (Wildman–Crippen LogP) is 0.315. The predicted molar refractivity (Wildman–Crippen MR) is 50.4 cm³/mol. The maximum absolute atomic E-state index is 5.70. The number of rotatable bonds is 2. The van der Waals surface area contributed by atoms with Gasteiger partial charge >= 0.3 is 0 Å². The molecule has 1 aliphatic rings. The topological polar surface area (TPSA) is 24.5 Å². The molecule has 0 aromatic rings. The van der Waals surface area contributed by atoms with Gasteiger partial charge < -0.3 is 15.0 Å². The number of morpholine rings is 1. The van der Waals surface area contributed by atoms with Gasteiger partial charge in [0, 0.05) is 18.6 Å². The van der Waals surface area contributed by atoms with Crippen LogP contribution in [-0.2, 0) is 4.74 Å². The largest absolute Gasteiger partial charge is 0.374 e. The van der Waals surface area contributed by atoms with E-state index >= 15 is 0 Å². The van der Waals surface area contributed by atoms with Crippen molar-refractivity contribution in [3.8, 4) is 0 Å². The monoisotopic (exact) mass is 172 g/mol. The molecular formula is C9H20N2O. The fourth-order valence-corrected chi connectivity index (χ4v) is 1.35. The molecule has 1 N–H and O–H groups in total. The quantitative estimate of drug-likeness (QED) is 0.649. The lowest BCUT2D eigenvalue weighted by Crippen LogP contribution is -2.55. The third-order valence-electron chi connectivity index (χ3n) is 2.06. The van der Waals surface area contributed by atoms with Gasteiger partial charge in [-0.15, -0.1) is 0 Å².